The maximum absolute atomic E-state index is 13.5. The molecule has 0 unspecified atom stereocenters. The highest BCUT2D eigenvalue weighted by molar-refractivity contribution is 8.18. The van der Waals surface area contributed by atoms with Crippen LogP contribution in [0.5, 0.6) is 11.5 Å². The number of ether oxygens (including phenoxy) is 2. The lowest BCUT2D eigenvalue weighted by Crippen LogP contribution is -2.21. The van der Waals surface area contributed by atoms with E-state index in [1.54, 1.807) is 18.2 Å². The summed E-state index contributed by atoms with van der Waals surface area (Å²) in [5.41, 5.74) is -1.71. The molecule has 1 N–H and O–H groups in total. The Kier molecular flexibility index (Phi) is 8.24. The van der Waals surface area contributed by atoms with E-state index >= 15 is 0 Å². The zero-order chi connectivity index (χ0) is 28.2. The van der Waals surface area contributed by atoms with Crippen LogP contribution in [-0.2, 0) is 25.5 Å². The standard InChI is InChI=1S/C27H20F6N2O3S/c1-37-22-11-17(12-23-24(35-25(36)39-23)34-14-16-5-3-2-4-6-16)7-10-21(22)38-15-18-8-9-19(26(28,29)30)13-20(18)27(31,32)33/h2-13H,14-15H2,1H3,(H,34,35,36)/b23-12-. The largest absolute Gasteiger partial charge is 0.493 e. The van der Waals surface area contributed by atoms with Crippen molar-refractivity contribution in [2.45, 2.75) is 25.5 Å². The van der Waals surface area contributed by atoms with Gasteiger partial charge in [0.05, 0.1) is 23.1 Å². The normalized spacial score (nSPS) is 14.9. The van der Waals surface area contributed by atoms with E-state index < -0.39 is 35.6 Å². The number of methoxy groups -OCH3 is 1. The van der Waals surface area contributed by atoms with Crippen LogP contribution in [0, 0.1) is 0 Å². The SMILES string of the molecule is COc1cc(/C=C2\SC(=O)N=C2NCc2ccccc2)ccc1OCc1ccc(C(F)(F)F)cc1C(F)(F)F. The lowest BCUT2D eigenvalue weighted by molar-refractivity contribution is -0.143. The summed E-state index contributed by atoms with van der Waals surface area (Å²) in [7, 11) is 1.33. The van der Waals surface area contributed by atoms with Crippen molar-refractivity contribution in [1.82, 2.24) is 5.32 Å². The number of nitrogens with zero attached hydrogens (tertiary/aromatic N) is 1. The number of hydrogen-bond donors (Lipinski definition) is 1. The number of alkyl halides is 6. The number of carbonyl (C=O) groups excluding carboxylic acids is 1. The van der Waals surface area contributed by atoms with Gasteiger partial charge in [-0.05, 0) is 53.2 Å². The summed E-state index contributed by atoms with van der Waals surface area (Å²) in [5, 5.41) is 2.74. The molecule has 5 nitrogen and oxygen atoms in total. The van der Waals surface area contributed by atoms with Crippen molar-refractivity contribution < 1.29 is 40.6 Å². The monoisotopic (exact) mass is 566 g/mol. The molecule has 4 rings (SSSR count). The van der Waals surface area contributed by atoms with Crippen LogP contribution in [-0.4, -0.2) is 18.2 Å². The highest BCUT2D eigenvalue weighted by Gasteiger charge is 2.38. The molecule has 0 spiro atoms. The molecule has 0 fully saturated rings. The van der Waals surface area contributed by atoms with Crippen LogP contribution in [0.15, 0.2) is 76.6 Å². The molecule has 39 heavy (non-hydrogen) atoms. The van der Waals surface area contributed by atoms with Gasteiger partial charge < -0.3 is 14.8 Å². The Hall–Kier alpha value is -3.93. The first kappa shape index (κ1) is 28.1. The molecule has 3 aromatic carbocycles. The predicted octanol–water partition coefficient (Wildman–Crippen LogP) is 7.71. The molecular weight excluding hydrogens is 546 g/mol. The van der Waals surface area contributed by atoms with Gasteiger partial charge in [0.25, 0.3) is 0 Å². The molecule has 1 aliphatic rings. The van der Waals surface area contributed by atoms with Gasteiger partial charge in [0.15, 0.2) is 11.5 Å². The third kappa shape index (κ3) is 7.14. The fourth-order valence-corrected chi connectivity index (χ4v) is 4.39. The summed E-state index contributed by atoms with van der Waals surface area (Å²) in [6, 6.07) is 15.5. The van der Waals surface area contributed by atoms with Gasteiger partial charge in [-0.15, -0.1) is 0 Å². The van der Waals surface area contributed by atoms with E-state index in [4.69, 9.17) is 9.47 Å². The summed E-state index contributed by atoms with van der Waals surface area (Å²) in [4.78, 5) is 16.5. The summed E-state index contributed by atoms with van der Waals surface area (Å²) < 4.78 is 90.0. The van der Waals surface area contributed by atoms with Gasteiger partial charge >= 0.3 is 17.6 Å². The van der Waals surface area contributed by atoms with Gasteiger partial charge in [-0.2, -0.15) is 31.3 Å². The van der Waals surface area contributed by atoms with Crippen molar-refractivity contribution in [3.8, 4) is 11.5 Å². The van der Waals surface area contributed by atoms with Crippen LogP contribution in [0.3, 0.4) is 0 Å². The molecule has 0 saturated heterocycles. The molecule has 1 aliphatic heterocycles. The molecule has 204 valence electrons. The maximum Gasteiger partial charge on any atom is 0.416 e. The van der Waals surface area contributed by atoms with Crippen molar-refractivity contribution in [2.24, 2.45) is 4.99 Å². The Balaban J connectivity index is 1.51. The molecule has 12 heteroatoms. The molecule has 0 saturated carbocycles. The first-order valence-corrected chi connectivity index (χ1v) is 12.1. The second-order valence-electron chi connectivity index (χ2n) is 8.24. The number of amidine groups is 1. The van der Waals surface area contributed by atoms with Crippen molar-refractivity contribution in [2.75, 3.05) is 7.11 Å². The first-order chi connectivity index (χ1) is 18.4. The van der Waals surface area contributed by atoms with E-state index in [1.165, 1.54) is 13.2 Å². The Morgan fingerprint density at radius 3 is 2.33 bits per heavy atom. The van der Waals surface area contributed by atoms with Gasteiger partial charge in [-0.3, -0.25) is 4.79 Å². The second-order valence-corrected chi connectivity index (χ2v) is 9.24. The van der Waals surface area contributed by atoms with Crippen LogP contribution >= 0.6 is 11.8 Å². The number of carbonyl (C=O) groups is 1. The van der Waals surface area contributed by atoms with Crippen molar-refractivity contribution in [1.29, 1.82) is 0 Å². The molecule has 0 aromatic heterocycles. The average Bonchev–Trinajstić information content (AvgIpc) is 3.24. The fourth-order valence-electron chi connectivity index (χ4n) is 3.66. The molecule has 3 aromatic rings. The molecule has 0 radical (unpaired) electrons. The van der Waals surface area contributed by atoms with Crippen LogP contribution in [0.1, 0.15) is 27.8 Å². The number of benzene rings is 3. The number of aliphatic imine (C=N–C) groups is 1. The minimum Gasteiger partial charge on any atom is -0.493 e. The van der Waals surface area contributed by atoms with Crippen molar-refractivity contribution in [3.05, 3.63) is 99.5 Å². The number of nitrogens with one attached hydrogen (secondary N) is 1. The third-order valence-corrected chi connectivity index (χ3v) is 6.34. The minimum atomic E-state index is -5.01. The van der Waals surface area contributed by atoms with E-state index in [0.29, 0.717) is 28.9 Å². The fraction of sp³-hybridized carbons (Fsp3) is 0.185. The zero-order valence-electron chi connectivity index (χ0n) is 20.2. The Morgan fingerprint density at radius 1 is 0.923 bits per heavy atom. The first-order valence-electron chi connectivity index (χ1n) is 11.3. The quantitative estimate of drug-likeness (QED) is 0.297. The summed E-state index contributed by atoms with van der Waals surface area (Å²) in [6.45, 7) is -0.195. The summed E-state index contributed by atoms with van der Waals surface area (Å²) in [5.74, 6) is 0.656. The van der Waals surface area contributed by atoms with Crippen molar-refractivity contribution >= 4 is 28.9 Å². The lowest BCUT2D eigenvalue weighted by Gasteiger charge is -2.17. The number of hydrogen-bond acceptors (Lipinski definition) is 5. The zero-order valence-corrected chi connectivity index (χ0v) is 21.0. The highest BCUT2D eigenvalue weighted by atomic mass is 32.2. The number of thioether (sulfide) groups is 1. The molecule has 0 bridgehead atoms. The Morgan fingerprint density at radius 2 is 1.67 bits per heavy atom. The van der Waals surface area contributed by atoms with Crippen molar-refractivity contribution in [3.63, 3.8) is 0 Å². The lowest BCUT2D eigenvalue weighted by atomic mass is 10.0. The number of rotatable bonds is 7. The van der Waals surface area contributed by atoms with Crippen LogP contribution in [0.4, 0.5) is 31.1 Å². The van der Waals surface area contributed by atoms with Gasteiger partial charge in [-0.25, -0.2) is 0 Å². The van der Waals surface area contributed by atoms with Gasteiger partial charge in [-0.1, -0.05) is 42.5 Å². The Bertz CT molecular complexity index is 1420. The van der Waals surface area contributed by atoms with Gasteiger partial charge in [0.2, 0.25) is 0 Å². The topological polar surface area (TPSA) is 59.9 Å². The van der Waals surface area contributed by atoms with E-state index in [9.17, 15) is 31.1 Å². The smallest absolute Gasteiger partial charge is 0.416 e. The van der Waals surface area contributed by atoms with Crippen LogP contribution in [0.25, 0.3) is 6.08 Å². The number of amides is 1. The van der Waals surface area contributed by atoms with Crippen LogP contribution in [0.2, 0.25) is 0 Å². The maximum atomic E-state index is 13.5. The highest BCUT2D eigenvalue weighted by Crippen LogP contribution is 2.38. The van der Waals surface area contributed by atoms with E-state index in [0.717, 1.165) is 23.4 Å². The van der Waals surface area contributed by atoms with E-state index in [1.807, 2.05) is 30.3 Å². The van der Waals surface area contributed by atoms with Gasteiger partial charge in [0, 0.05) is 12.1 Å². The minimum absolute atomic E-state index is 0.0662. The predicted molar refractivity (Wildman–Crippen MR) is 135 cm³/mol. The second kappa shape index (κ2) is 11.4. The summed E-state index contributed by atoms with van der Waals surface area (Å²) >= 11 is 0.933. The van der Waals surface area contributed by atoms with Gasteiger partial charge in [0.1, 0.15) is 12.4 Å². The van der Waals surface area contributed by atoms with E-state index in [-0.39, 0.29) is 22.8 Å². The molecule has 0 atom stereocenters. The number of halogens is 6. The third-order valence-electron chi connectivity index (χ3n) is 5.55. The molecule has 1 heterocycles. The van der Waals surface area contributed by atoms with E-state index in [2.05, 4.69) is 10.3 Å². The Labute approximate surface area is 223 Å². The summed E-state index contributed by atoms with van der Waals surface area (Å²) in [6.07, 6.45) is -8.24. The molecule has 1 amide bonds. The molecule has 0 aliphatic carbocycles. The van der Waals surface area contributed by atoms with Crippen LogP contribution < -0.4 is 14.8 Å². The average molecular weight is 567 g/mol. The molecular formula is C27H20F6N2O3S.